The molecule has 0 amide bonds. The molecule has 0 aliphatic carbocycles. The Balaban J connectivity index is 3.41. The number of hydrogen-bond acceptors (Lipinski definition) is 1. The monoisotopic (exact) mass is 134 g/mol. The molecule has 1 heterocycles. The van der Waals surface area contributed by atoms with Crippen molar-refractivity contribution < 1.29 is 4.42 Å². The van der Waals surface area contributed by atoms with Crippen LogP contribution in [0, 0.1) is 0 Å². The van der Waals surface area contributed by atoms with Gasteiger partial charge in [-0.2, -0.15) is 0 Å². The number of furan rings is 1. The second kappa shape index (κ2) is 3.06. The molecule has 1 rings (SSSR count). The molecule has 0 bridgehead atoms. The Bertz CT molecular complexity index is 317. The summed E-state index contributed by atoms with van der Waals surface area (Å²) >= 11 is 0. The quantitative estimate of drug-likeness (QED) is 0.559. The van der Waals surface area contributed by atoms with Crippen molar-refractivity contribution in [2.45, 2.75) is 6.92 Å². The Morgan fingerprint density at radius 3 is 3.00 bits per heavy atom. The molecule has 0 N–H and O–H groups in total. The molecule has 1 aromatic heterocycles. The van der Waals surface area contributed by atoms with Gasteiger partial charge in [-0.25, -0.2) is 0 Å². The highest BCUT2D eigenvalue weighted by molar-refractivity contribution is 5.34. The van der Waals surface area contributed by atoms with E-state index in [0.717, 1.165) is 10.6 Å². The van der Waals surface area contributed by atoms with Crippen LogP contribution >= 0.6 is 0 Å². The molecule has 0 spiro atoms. The molecule has 0 unspecified atom stereocenters. The highest BCUT2D eigenvalue weighted by Crippen LogP contribution is 1.71. The molecule has 0 fully saturated rings. The van der Waals surface area contributed by atoms with Gasteiger partial charge in [-0.1, -0.05) is 18.7 Å². The predicted molar refractivity (Wildman–Crippen MR) is 42.8 cm³/mol. The minimum Gasteiger partial charge on any atom is -0.464 e. The summed E-state index contributed by atoms with van der Waals surface area (Å²) in [5.74, 6) is 0. The van der Waals surface area contributed by atoms with Gasteiger partial charge in [-0.05, 0) is 19.1 Å². The maximum atomic E-state index is 5.14. The summed E-state index contributed by atoms with van der Waals surface area (Å²) in [4.78, 5) is 0. The van der Waals surface area contributed by atoms with Crippen LogP contribution in [0.15, 0.2) is 29.4 Å². The highest BCUT2D eigenvalue weighted by atomic mass is 16.3. The van der Waals surface area contributed by atoms with E-state index in [4.69, 9.17) is 4.42 Å². The van der Waals surface area contributed by atoms with Crippen LogP contribution < -0.4 is 10.6 Å². The van der Waals surface area contributed by atoms with Crippen molar-refractivity contribution in [3.8, 4) is 0 Å². The maximum absolute atomic E-state index is 5.14. The molecule has 0 atom stereocenters. The van der Waals surface area contributed by atoms with Crippen LogP contribution in [0.1, 0.15) is 6.92 Å². The molecule has 0 aliphatic heterocycles. The van der Waals surface area contributed by atoms with E-state index >= 15 is 0 Å². The fourth-order valence-electron chi connectivity index (χ4n) is 0.812. The summed E-state index contributed by atoms with van der Waals surface area (Å²) in [6.45, 7) is 5.56. The summed E-state index contributed by atoms with van der Waals surface area (Å²) in [7, 11) is 0. The van der Waals surface area contributed by atoms with Gasteiger partial charge in [0.1, 0.15) is 5.42 Å². The Morgan fingerprint density at radius 1 is 1.60 bits per heavy atom. The van der Waals surface area contributed by atoms with Crippen LogP contribution in [0.25, 0.3) is 12.2 Å². The summed E-state index contributed by atoms with van der Waals surface area (Å²) in [6, 6.07) is 1.93. The molecule has 1 aromatic rings. The molecule has 10 heavy (non-hydrogen) atoms. The largest absolute Gasteiger partial charge is 0.464 e. The summed E-state index contributed by atoms with van der Waals surface area (Å²) in [6.07, 6.45) is 7.23. The van der Waals surface area contributed by atoms with Gasteiger partial charge in [0, 0.05) is 5.22 Å². The molecule has 0 aliphatic rings. The molecule has 0 saturated heterocycles. The van der Waals surface area contributed by atoms with E-state index in [2.05, 4.69) is 6.58 Å². The smallest absolute Gasteiger partial charge is 0.133 e. The molecule has 1 nitrogen and oxygen atoms in total. The Labute approximate surface area is 60.0 Å². The summed E-state index contributed by atoms with van der Waals surface area (Å²) in [5.41, 5.74) is 0.873. The molecular formula is C9H10O. The van der Waals surface area contributed by atoms with E-state index in [0.29, 0.717) is 0 Å². The number of hydrogen-bond donors (Lipinski definition) is 0. The normalized spacial score (nSPS) is 14.1. The van der Waals surface area contributed by atoms with Crippen LogP contribution in [0.5, 0.6) is 0 Å². The van der Waals surface area contributed by atoms with Crippen molar-refractivity contribution in [3.63, 3.8) is 0 Å². The lowest BCUT2D eigenvalue weighted by molar-refractivity contribution is 0.531. The molecule has 0 saturated carbocycles. The number of rotatable bonds is 1. The van der Waals surface area contributed by atoms with E-state index in [1.54, 1.807) is 12.3 Å². The zero-order valence-corrected chi connectivity index (χ0v) is 6.00. The van der Waals surface area contributed by atoms with Gasteiger partial charge >= 0.3 is 0 Å². The Kier molecular flexibility index (Phi) is 2.11. The van der Waals surface area contributed by atoms with E-state index in [-0.39, 0.29) is 0 Å². The molecule has 0 radical (unpaired) electrons. The van der Waals surface area contributed by atoms with Gasteiger partial charge in [-0.15, -0.1) is 0 Å². The van der Waals surface area contributed by atoms with Gasteiger partial charge in [-0.3, -0.25) is 0 Å². The van der Waals surface area contributed by atoms with Gasteiger partial charge in [0.25, 0.3) is 0 Å². The Hall–Kier alpha value is -1.24. The first kappa shape index (κ1) is 6.87. The van der Waals surface area contributed by atoms with Crippen LogP contribution in [0.4, 0.5) is 0 Å². The minimum atomic E-state index is 0.873. The zero-order chi connectivity index (χ0) is 7.40. The molecular weight excluding hydrogens is 124 g/mol. The maximum Gasteiger partial charge on any atom is 0.133 e. The second-order valence-corrected chi connectivity index (χ2v) is 1.93. The van der Waals surface area contributed by atoms with Crippen LogP contribution in [0.3, 0.4) is 0 Å². The lowest BCUT2D eigenvalue weighted by Crippen LogP contribution is -2.17. The van der Waals surface area contributed by atoms with Gasteiger partial charge < -0.3 is 4.42 Å². The second-order valence-electron chi connectivity index (χ2n) is 1.93. The number of allylic oxidation sites excluding steroid dienone is 1. The predicted octanol–water partition coefficient (Wildman–Crippen LogP) is 1.05. The first-order valence-electron chi connectivity index (χ1n) is 3.21. The summed E-state index contributed by atoms with van der Waals surface area (Å²) < 4.78 is 5.14. The van der Waals surface area contributed by atoms with Crippen molar-refractivity contribution in [2.75, 3.05) is 0 Å². The standard InChI is InChI=1S/C9H10O/c1-3-5-9-8(4-2)6-7-10-9/h3-7H,1H2,2H3/b8-4-,9-5+. The van der Waals surface area contributed by atoms with Crippen LogP contribution in [0.2, 0.25) is 0 Å². The highest BCUT2D eigenvalue weighted by Gasteiger charge is 1.82. The fourth-order valence-corrected chi connectivity index (χ4v) is 0.812. The van der Waals surface area contributed by atoms with Crippen LogP contribution in [-0.4, -0.2) is 0 Å². The van der Waals surface area contributed by atoms with Crippen LogP contribution in [-0.2, 0) is 0 Å². The van der Waals surface area contributed by atoms with Gasteiger partial charge in [0.05, 0.1) is 6.26 Å². The van der Waals surface area contributed by atoms with Crippen molar-refractivity contribution in [1.82, 2.24) is 0 Å². The van der Waals surface area contributed by atoms with E-state index in [1.807, 2.05) is 25.1 Å². The van der Waals surface area contributed by atoms with Crippen molar-refractivity contribution in [3.05, 3.63) is 35.6 Å². The van der Waals surface area contributed by atoms with Gasteiger partial charge in [0.2, 0.25) is 0 Å². The van der Waals surface area contributed by atoms with E-state index in [1.165, 1.54) is 0 Å². The zero-order valence-electron chi connectivity index (χ0n) is 6.00. The third-order valence-electron chi connectivity index (χ3n) is 1.31. The van der Waals surface area contributed by atoms with Crippen molar-refractivity contribution in [2.24, 2.45) is 0 Å². The SMILES string of the molecule is C=C/C=c1/occ/c1=C/C. The lowest BCUT2D eigenvalue weighted by Gasteiger charge is -1.72. The average Bonchev–Trinajstić information content (AvgIpc) is 2.36. The van der Waals surface area contributed by atoms with Crippen molar-refractivity contribution in [1.29, 1.82) is 0 Å². The van der Waals surface area contributed by atoms with Gasteiger partial charge in [0.15, 0.2) is 0 Å². The minimum absolute atomic E-state index is 0.873. The lowest BCUT2D eigenvalue weighted by atomic mass is 10.4. The third kappa shape index (κ3) is 1.18. The van der Waals surface area contributed by atoms with E-state index in [9.17, 15) is 0 Å². The average molecular weight is 134 g/mol. The van der Waals surface area contributed by atoms with Crippen molar-refractivity contribution >= 4 is 12.2 Å². The first-order chi connectivity index (χ1) is 4.88. The Morgan fingerprint density at radius 2 is 2.40 bits per heavy atom. The summed E-state index contributed by atoms with van der Waals surface area (Å²) in [5, 5.41) is 1.11. The fraction of sp³-hybridized carbons (Fsp3) is 0.111. The van der Waals surface area contributed by atoms with E-state index < -0.39 is 0 Å². The topological polar surface area (TPSA) is 13.1 Å². The molecule has 52 valence electrons. The first-order valence-corrected chi connectivity index (χ1v) is 3.21. The molecule has 0 aromatic carbocycles. The molecule has 1 heteroatoms. The third-order valence-corrected chi connectivity index (χ3v) is 1.31.